The van der Waals surface area contributed by atoms with Gasteiger partial charge in [0.15, 0.2) is 0 Å². The van der Waals surface area contributed by atoms with Crippen molar-refractivity contribution in [3.05, 3.63) is 46.9 Å². The number of benzene rings is 2. The molecular formula is C17H17BrFN5O3S. The average molecular weight is 470 g/mol. The Balaban J connectivity index is 1.83. The molecule has 0 saturated heterocycles. The lowest BCUT2D eigenvalue weighted by Gasteiger charge is -2.13. The minimum absolute atomic E-state index is 0.100. The van der Waals surface area contributed by atoms with Crippen LogP contribution in [0.25, 0.3) is 10.9 Å². The summed E-state index contributed by atoms with van der Waals surface area (Å²) in [5, 5.41) is 3.52. The number of hydrogen-bond donors (Lipinski definition) is 3. The third kappa shape index (κ3) is 5.06. The van der Waals surface area contributed by atoms with Gasteiger partial charge in [-0.15, -0.1) is 0 Å². The van der Waals surface area contributed by atoms with Crippen molar-refractivity contribution in [3.8, 4) is 5.75 Å². The normalized spacial score (nSPS) is 11.5. The van der Waals surface area contributed by atoms with Crippen LogP contribution in [0.5, 0.6) is 5.75 Å². The first-order chi connectivity index (χ1) is 13.2. The summed E-state index contributed by atoms with van der Waals surface area (Å²) in [6, 6.07) is 7.88. The third-order valence-corrected chi connectivity index (χ3v) is 4.90. The summed E-state index contributed by atoms with van der Waals surface area (Å²) in [6.45, 7) is 0.207. The molecule has 11 heteroatoms. The highest BCUT2D eigenvalue weighted by atomic mass is 79.9. The number of nitrogens with zero attached hydrogens (tertiary/aromatic N) is 2. The van der Waals surface area contributed by atoms with Gasteiger partial charge in [-0.25, -0.2) is 27.5 Å². The van der Waals surface area contributed by atoms with Crippen LogP contribution < -0.4 is 20.5 Å². The van der Waals surface area contributed by atoms with Crippen LogP contribution in [0.3, 0.4) is 0 Å². The van der Waals surface area contributed by atoms with Gasteiger partial charge >= 0.3 is 0 Å². The Kier molecular flexibility index (Phi) is 5.96. The third-order valence-electron chi connectivity index (χ3n) is 3.67. The summed E-state index contributed by atoms with van der Waals surface area (Å²) < 4.78 is 44.7. The van der Waals surface area contributed by atoms with E-state index in [0.29, 0.717) is 32.6 Å². The first kappa shape index (κ1) is 20.2. The number of anilines is 3. The Labute approximate surface area is 169 Å². The number of nitrogen functional groups attached to an aromatic ring is 1. The van der Waals surface area contributed by atoms with Crippen LogP contribution >= 0.6 is 15.9 Å². The molecule has 2 aromatic carbocycles. The smallest absolute Gasteiger partial charge is 0.208 e. The van der Waals surface area contributed by atoms with E-state index in [4.69, 9.17) is 10.5 Å². The number of fused-ring (bicyclic) bond motifs is 1. The van der Waals surface area contributed by atoms with Gasteiger partial charge in [0.05, 0.1) is 23.1 Å². The summed E-state index contributed by atoms with van der Waals surface area (Å²) in [6.07, 6.45) is 2.41. The molecule has 0 aliphatic carbocycles. The van der Waals surface area contributed by atoms with Crippen LogP contribution in [-0.4, -0.2) is 37.8 Å². The standard InChI is InChI=1S/C17H17BrFN5O3S/c1-28(25,26)23-4-5-27-16-8-15-11(7-13(16)20)17(22-9-21-15)24-14-3-2-10(18)6-12(14)19/h2-3,6-9,23H,4-5,20H2,1H3,(H,21,22,24). The number of aromatic nitrogens is 2. The molecule has 0 radical (unpaired) electrons. The monoisotopic (exact) mass is 469 g/mol. The molecule has 0 aliphatic rings. The minimum Gasteiger partial charge on any atom is -0.490 e. The predicted octanol–water partition coefficient (Wildman–Crippen LogP) is 2.79. The summed E-state index contributed by atoms with van der Waals surface area (Å²) >= 11 is 3.21. The van der Waals surface area contributed by atoms with E-state index in [9.17, 15) is 12.8 Å². The van der Waals surface area contributed by atoms with Gasteiger partial charge in [-0.3, -0.25) is 0 Å². The van der Waals surface area contributed by atoms with E-state index < -0.39 is 15.8 Å². The highest BCUT2D eigenvalue weighted by molar-refractivity contribution is 9.10. The minimum atomic E-state index is -3.29. The quantitative estimate of drug-likeness (QED) is 0.359. The maximum Gasteiger partial charge on any atom is 0.208 e. The highest BCUT2D eigenvalue weighted by Crippen LogP contribution is 2.32. The number of rotatable bonds is 7. The molecule has 0 amide bonds. The van der Waals surface area contributed by atoms with Crippen LogP contribution in [-0.2, 0) is 10.0 Å². The summed E-state index contributed by atoms with van der Waals surface area (Å²) in [7, 11) is -3.29. The molecular weight excluding hydrogens is 453 g/mol. The maximum atomic E-state index is 14.1. The van der Waals surface area contributed by atoms with Crippen LogP contribution in [0, 0.1) is 5.82 Å². The lowest BCUT2D eigenvalue weighted by molar-refractivity contribution is 0.325. The lowest BCUT2D eigenvalue weighted by Crippen LogP contribution is -2.27. The van der Waals surface area contributed by atoms with Gasteiger partial charge in [-0.2, -0.15) is 0 Å². The number of hydrogen-bond acceptors (Lipinski definition) is 7. The van der Waals surface area contributed by atoms with E-state index in [1.54, 1.807) is 24.3 Å². The molecule has 1 heterocycles. The van der Waals surface area contributed by atoms with Gasteiger partial charge in [0, 0.05) is 22.5 Å². The number of sulfonamides is 1. The van der Waals surface area contributed by atoms with E-state index in [-0.39, 0.29) is 18.8 Å². The molecule has 0 atom stereocenters. The molecule has 0 fully saturated rings. The molecule has 28 heavy (non-hydrogen) atoms. The molecule has 3 rings (SSSR count). The van der Waals surface area contributed by atoms with E-state index in [2.05, 4.69) is 35.9 Å². The lowest BCUT2D eigenvalue weighted by atomic mass is 10.2. The number of ether oxygens (including phenoxy) is 1. The second-order valence-corrected chi connectivity index (χ2v) is 8.64. The second kappa shape index (κ2) is 8.25. The summed E-state index contributed by atoms with van der Waals surface area (Å²) in [4.78, 5) is 8.36. The van der Waals surface area contributed by atoms with Crippen molar-refractivity contribution in [1.82, 2.24) is 14.7 Å². The largest absolute Gasteiger partial charge is 0.490 e. The highest BCUT2D eigenvalue weighted by Gasteiger charge is 2.11. The molecule has 148 valence electrons. The molecule has 0 aliphatic heterocycles. The van der Waals surface area contributed by atoms with Gasteiger partial charge in [0.1, 0.15) is 30.3 Å². The van der Waals surface area contributed by atoms with Crippen LogP contribution in [0.2, 0.25) is 0 Å². The van der Waals surface area contributed by atoms with Crippen molar-refractivity contribution >= 4 is 54.0 Å². The Morgan fingerprint density at radius 1 is 1.25 bits per heavy atom. The zero-order chi connectivity index (χ0) is 20.3. The van der Waals surface area contributed by atoms with Crippen molar-refractivity contribution in [2.75, 3.05) is 30.5 Å². The van der Waals surface area contributed by atoms with Gasteiger partial charge in [-0.05, 0) is 24.3 Å². The van der Waals surface area contributed by atoms with Crippen molar-refractivity contribution in [1.29, 1.82) is 0 Å². The van der Waals surface area contributed by atoms with Crippen molar-refractivity contribution in [3.63, 3.8) is 0 Å². The molecule has 1 aromatic heterocycles. The van der Waals surface area contributed by atoms with Gasteiger partial charge < -0.3 is 15.8 Å². The average Bonchev–Trinajstić information content (AvgIpc) is 2.61. The fraction of sp³-hybridized carbons (Fsp3) is 0.176. The van der Waals surface area contributed by atoms with E-state index in [1.165, 1.54) is 12.4 Å². The topological polar surface area (TPSA) is 119 Å². The predicted molar refractivity (Wildman–Crippen MR) is 110 cm³/mol. The number of nitrogens with one attached hydrogen (secondary N) is 2. The zero-order valence-electron chi connectivity index (χ0n) is 14.7. The van der Waals surface area contributed by atoms with Crippen LogP contribution in [0.1, 0.15) is 0 Å². The van der Waals surface area contributed by atoms with Gasteiger partial charge in [0.2, 0.25) is 10.0 Å². The zero-order valence-corrected chi connectivity index (χ0v) is 17.1. The fourth-order valence-corrected chi connectivity index (χ4v) is 3.22. The van der Waals surface area contributed by atoms with Gasteiger partial charge in [-0.1, -0.05) is 15.9 Å². The first-order valence-electron chi connectivity index (χ1n) is 8.07. The first-order valence-corrected chi connectivity index (χ1v) is 10.7. The SMILES string of the molecule is CS(=O)(=O)NCCOc1cc2ncnc(Nc3ccc(Br)cc3F)c2cc1N. The van der Waals surface area contributed by atoms with Crippen LogP contribution in [0.15, 0.2) is 41.1 Å². The van der Waals surface area contributed by atoms with E-state index >= 15 is 0 Å². The second-order valence-electron chi connectivity index (χ2n) is 5.89. The van der Waals surface area contributed by atoms with E-state index in [1.807, 2.05) is 0 Å². The maximum absolute atomic E-state index is 14.1. The Morgan fingerprint density at radius 3 is 2.75 bits per heavy atom. The van der Waals surface area contributed by atoms with Crippen molar-refractivity contribution < 1.29 is 17.5 Å². The Hall–Kier alpha value is -2.50. The molecule has 0 unspecified atom stereocenters. The van der Waals surface area contributed by atoms with Crippen molar-refractivity contribution in [2.45, 2.75) is 0 Å². The number of halogens is 2. The van der Waals surface area contributed by atoms with Crippen LogP contribution in [0.4, 0.5) is 21.6 Å². The Bertz CT molecular complexity index is 1130. The van der Waals surface area contributed by atoms with Gasteiger partial charge in [0.25, 0.3) is 0 Å². The summed E-state index contributed by atoms with van der Waals surface area (Å²) in [5.41, 5.74) is 7.16. The molecule has 8 nitrogen and oxygen atoms in total. The molecule has 3 aromatic rings. The molecule has 4 N–H and O–H groups in total. The van der Waals surface area contributed by atoms with Crippen molar-refractivity contribution in [2.24, 2.45) is 0 Å². The summed E-state index contributed by atoms with van der Waals surface area (Å²) in [5.74, 6) is 0.318. The van der Waals surface area contributed by atoms with E-state index in [0.717, 1.165) is 6.26 Å². The number of nitrogens with two attached hydrogens (primary N) is 1. The molecule has 0 spiro atoms. The molecule has 0 bridgehead atoms. The Morgan fingerprint density at radius 2 is 2.04 bits per heavy atom. The fourth-order valence-electron chi connectivity index (χ4n) is 2.43. The molecule has 0 saturated carbocycles.